The third kappa shape index (κ3) is 1.29. The van der Waals surface area contributed by atoms with Gasteiger partial charge in [-0.05, 0) is 31.2 Å². The van der Waals surface area contributed by atoms with Gasteiger partial charge in [-0.25, -0.2) is 0 Å². The monoisotopic (exact) mass is 190 g/mol. The van der Waals surface area contributed by atoms with E-state index in [9.17, 15) is 9.59 Å². The molecule has 1 aliphatic carbocycles. The lowest BCUT2D eigenvalue weighted by atomic mass is 10.0. The van der Waals surface area contributed by atoms with Crippen LogP contribution in [0.15, 0.2) is 12.1 Å². The lowest BCUT2D eigenvalue weighted by molar-refractivity contribution is -0.110. The molecule has 0 saturated carbocycles. The average Bonchev–Trinajstić information content (AvgIpc) is 2.56. The van der Waals surface area contributed by atoms with Crippen LogP contribution in [-0.2, 0) is 11.2 Å². The number of nitrogens with one attached hydrogen (secondary N) is 1. The summed E-state index contributed by atoms with van der Waals surface area (Å²) in [6.07, 6.45) is 3.59. The van der Waals surface area contributed by atoms with E-state index in [1.54, 1.807) is 12.1 Å². The van der Waals surface area contributed by atoms with Gasteiger partial charge < -0.3 is 10.7 Å². The van der Waals surface area contributed by atoms with E-state index >= 15 is 0 Å². The lowest BCUT2D eigenvalue weighted by Crippen LogP contribution is -2.14. The van der Waals surface area contributed by atoms with Crippen LogP contribution in [0.25, 0.3) is 6.08 Å². The average molecular weight is 190 g/mol. The SMILES string of the molecule is NCCc1cc2c([nH]1)C=CC(=O)C2=O. The van der Waals surface area contributed by atoms with Crippen LogP contribution in [0.5, 0.6) is 0 Å². The maximum absolute atomic E-state index is 11.4. The Balaban J connectivity index is 2.43. The molecule has 0 fully saturated rings. The van der Waals surface area contributed by atoms with Gasteiger partial charge in [0.1, 0.15) is 0 Å². The summed E-state index contributed by atoms with van der Waals surface area (Å²) in [5, 5.41) is 0. The van der Waals surface area contributed by atoms with Gasteiger partial charge in [0.2, 0.25) is 11.6 Å². The third-order valence-electron chi connectivity index (χ3n) is 2.19. The summed E-state index contributed by atoms with van der Waals surface area (Å²) in [7, 11) is 0. The normalized spacial score (nSPS) is 14.6. The van der Waals surface area contributed by atoms with E-state index in [4.69, 9.17) is 5.73 Å². The number of fused-ring (bicyclic) bond motifs is 1. The van der Waals surface area contributed by atoms with Crippen molar-refractivity contribution in [2.24, 2.45) is 5.73 Å². The molecule has 0 bridgehead atoms. The molecular weight excluding hydrogens is 180 g/mol. The topological polar surface area (TPSA) is 76.0 Å². The molecule has 0 aromatic carbocycles. The van der Waals surface area contributed by atoms with Crippen molar-refractivity contribution in [2.45, 2.75) is 6.42 Å². The van der Waals surface area contributed by atoms with Crippen molar-refractivity contribution in [3.05, 3.63) is 29.1 Å². The number of carbonyl (C=O) groups is 2. The molecule has 1 aliphatic rings. The van der Waals surface area contributed by atoms with Gasteiger partial charge in [0.15, 0.2) is 0 Å². The van der Waals surface area contributed by atoms with Crippen LogP contribution in [0.1, 0.15) is 21.7 Å². The van der Waals surface area contributed by atoms with Crippen molar-refractivity contribution in [1.29, 1.82) is 0 Å². The number of aromatic amines is 1. The number of nitrogens with two attached hydrogens (primary N) is 1. The summed E-state index contributed by atoms with van der Waals surface area (Å²) in [6, 6.07) is 1.70. The van der Waals surface area contributed by atoms with Gasteiger partial charge in [0.25, 0.3) is 0 Å². The Morgan fingerprint density at radius 2 is 2.07 bits per heavy atom. The molecule has 0 atom stereocenters. The van der Waals surface area contributed by atoms with Crippen LogP contribution < -0.4 is 5.73 Å². The van der Waals surface area contributed by atoms with Crippen LogP contribution in [0, 0.1) is 0 Å². The molecule has 3 N–H and O–H groups in total. The fourth-order valence-corrected chi connectivity index (χ4v) is 1.51. The minimum atomic E-state index is -0.462. The Bertz CT molecular complexity index is 429. The first-order chi connectivity index (χ1) is 6.72. The number of H-pyrrole nitrogens is 1. The lowest BCUT2D eigenvalue weighted by Gasteiger charge is -2.00. The predicted octanol–water partition coefficient (Wildman–Crippen LogP) is 0.294. The Labute approximate surface area is 80.8 Å². The van der Waals surface area contributed by atoms with Crippen LogP contribution >= 0.6 is 0 Å². The van der Waals surface area contributed by atoms with Crippen molar-refractivity contribution >= 4 is 17.6 Å². The van der Waals surface area contributed by atoms with E-state index in [-0.39, 0.29) is 0 Å². The van der Waals surface area contributed by atoms with E-state index in [0.29, 0.717) is 24.2 Å². The molecule has 0 amide bonds. The zero-order chi connectivity index (χ0) is 10.1. The molecule has 0 saturated heterocycles. The largest absolute Gasteiger partial charge is 0.358 e. The Hall–Kier alpha value is -1.68. The maximum Gasteiger partial charge on any atom is 0.235 e. The fourth-order valence-electron chi connectivity index (χ4n) is 1.51. The minimum Gasteiger partial charge on any atom is -0.358 e. The molecule has 0 radical (unpaired) electrons. The first-order valence-corrected chi connectivity index (χ1v) is 4.41. The van der Waals surface area contributed by atoms with Crippen molar-refractivity contribution in [3.63, 3.8) is 0 Å². The number of aromatic nitrogens is 1. The molecule has 1 aromatic heterocycles. The molecule has 1 heterocycles. The highest BCUT2D eigenvalue weighted by atomic mass is 16.2. The summed E-state index contributed by atoms with van der Waals surface area (Å²) >= 11 is 0. The fraction of sp³-hybridized carbons (Fsp3) is 0.200. The molecule has 72 valence electrons. The van der Waals surface area contributed by atoms with Gasteiger partial charge in [-0.3, -0.25) is 9.59 Å². The minimum absolute atomic E-state index is 0.443. The standard InChI is InChI=1S/C10H10N2O2/c11-4-3-6-5-7-8(12-6)1-2-9(13)10(7)14/h1-2,5,12H,3-4,11H2. The van der Waals surface area contributed by atoms with Crippen molar-refractivity contribution in [3.8, 4) is 0 Å². The quantitative estimate of drug-likeness (QED) is 0.658. The van der Waals surface area contributed by atoms with E-state index in [1.165, 1.54) is 6.08 Å². The second kappa shape index (κ2) is 3.23. The zero-order valence-corrected chi connectivity index (χ0v) is 7.54. The van der Waals surface area contributed by atoms with Crippen LogP contribution in [0.3, 0.4) is 0 Å². The zero-order valence-electron chi connectivity index (χ0n) is 7.54. The highest BCUT2D eigenvalue weighted by molar-refractivity contribution is 6.49. The number of carbonyl (C=O) groups excluding carboxylic acids is 2. The van der Waals surface area contributed by atoms with Gasteiger partial charge in [-0.2, -0.15) is 0 Å². The second-order valence-corrected chi connectivity index (χ2v) is 3.19. The number of hydrogen-bond acceptors (Lipinski definition) is 3. The van der Waals surface area contributed by atoms with Crippen LogP contribution in [0.4, 0.5) is 0 Å². The summed E-state index contributed by atoms with van der Waals surface area (Å²) in [6.45, 7) is 0.519. The molecule has 0 spiro atoms. The molecule has 14 heavy (non-hydrogen) atoms. The first kappa shape index (κ1) is 8.90. The van der Waals surface area contributed by atoms with Gasteiger partial charge in [0.05, 0.1) is 5.56 Å². The summed E-state index contributed by atoms with van der Waals surface area (Å²) < 4.78 is 0. The van der Waals surface area contributed by atoms with E-state index < -0.39 is 11.6 Å². The molecule has 2 rings (SSSR count). The van der Waals surface area contributed by atoms with E-state index in [1.807, 2.05) is 0 Å². The van der Waals surface area contributed by atoms with Gasteiger partial charge in [0, 0.05) is 11.4 Å². The molecular formula is C10H10N2O2. The van der Waals surface area contributed by atoms with Crippen molar-refractivity contribution in [1.82, 2.24) is 4.98 Å². The summed E-state index contributed by atoms with van der Waals surface area (Å²) in [5.41, 5.74) is 7.45. The first-order valence-electron chi connectivity index (χ1n) is 4.41. The second-order valence-electron chi connectivity index (χ2n) is 3.19. The predicted molar refractivity (Wildman–Crippen MR) is 51.9 cm³/mol. The van der Waals surface area contributed by atoms with Crippen LogP contribution in [-0.4, -0.2) is 23.1 Å². The highest BCUT2D eigenvalue weighted by Gasteiger charge is 2.22. The van der Waals surface area contributed by atoms with Crippen molar-refractivity contribution < 1.29 is 9.59 Å². The van der Waals surface area contributed by atoms with Gasteiger partial charge in [-0.1, -0.05) is 0 Å². The molecule has 0 unspecified atom stereocenters. The molecule has 1 aromatic rings. The number of Topliss-reactive ketones (excluding diaryl/α,β-unsaturated/α-hetero) is 1. The summed E-state index contributed by atoms with van der Waals surface area (Å²) in [4.78, 5) is 25.5. The summed E-state index contributed by atoms with van der Waals surface area (Å²) in [5.74, 6) is -0.905. The van der Waals surface area contributed by atoms with E-state index in [2.05, 4.69) is 4.98 Å². The van der Waals surface area contributed by atoms with Crippen molar-refractivity contribution in [2.75, 3.05) is 6.54 Å². The molecule has 0 aliphatic heterocycles. The number of allylic oxidation sites excluding steroid dienone is 1. The third-order valence-corrected chi connectivity index (χ3v) is 2.19. The Kier molecular flexibility index (Phi) is 2.05. The van der Waals surface area contributed by atoms with E-state index in [0.717, 1.165) is 5.69 Å². The number of hydrogen-bond donors (Lipinski definition) is 2. The molecule has 4 heteroatoms. The smallest absolute Gasteiger partial charge is 0.235 e. The number of rotatable bonds is 2. The van der Waals surface area contributed by atoms with Gasteiger partial charge >= 0.3 is 0 Å². The maximum atomic E-state index is 11.4. The van der Waals surface area contributed by atoms with Crippen LogP contribution in [0.2, 0.25) is 0 Å². The highest BCUT2D eigenvalue weighted by Crippen LogP contribution is 2.18. The van der Waals surface area contributed by atoms with Gasteiger partial charge in [-0.15, -0.1) is 0 Å². The Morgan fingerprint density at radius 3 is 2.79 bits per heavy atom. The Morgan fingerprint density at radius 1 is 1.29 bits per heavy atom. The number of ketones is 2. The molecule has 4 nitrogen and oxygen atoms in total.